The Kier molecular flexibility index (Phi) is 1.74. The Morgan fingerprint density at radius 3 is 2.85 bits per heavy atom. The van der Waals surface area contributed by atoms with E-state index in [9.17, 15) is 10.2 Å². The minimum atomic E-state index is -0.518. The molecule has 1 atom stereocenters. The molecule has 1 aromatic carbocycles. The molecule has 0 aliphatic carbocycles. The van der Waals surface area contributed by atoms with Gasteiger partial charge < -0.3 is 15.2 Å². The van der Waals surface area contributed by atoms with Crippen LogP contribution in [0.25, 0.3) is 10.9 Å². The number of aromatic hydroxyl groups is 1. The van der Waals surface area contributed by atoms with E-state index in [-0.39, 0.29) is 5.75 Å². The van der Waals surface area contributed by atoms with Gasteiger partial charge in [-0.2, -0.15) is 0 Å². The SMILES string of the molecule is CC(O)c1c[nH]c2c(O)cccc12. The summed E-state index contributed by atoms with van der Waals surface area (Å²) in [4.78, 5) is 2.93. The van der Waals surface area contributed by atoms with Gasteiger partial charge in [-0.15, -0.1) is 0 Å². The number of H-pyrrole nitrogens is 1. The van der Waals surface area contributed by atoms with E-state index in [1.165, 1.54) is 0 Å². The predicted molar refractivity (Wildman–Crippen MR) is 50.6 cm³/mol. The first-order chi connectivity index (χ1) is 6.20. The molecule has 0 aliphatic rings. The summed E-state index contributed by atoms with van der Waals surface area (Å²) < 4.78 is 0. The minimum Gasteiger partial charge on any atom is -0.506 e. The number of hydrogen-bond acceptors (Lipinski definition) is 2. The molecule has 0 radical (unpaired) electrons. The summed E-state index contributed by atoms with van der Waals surface area (Å²) in [5.74, 6) is 0.212. The molecule has 3 heteroatoms. The number of aromatic amines is 1. The summed E-state index contributed by atoms with van der Waals surface area (Å²) in [7, 11) is 0. The number of hydrogen-bond donors (Lipinski definition) is 3. The van der Waals surface area contributed by atoms with Gasteiger partial charge >= 0.3 is 0 Å². The van der Waals surface area contributed by atoms with E-state index in [1.54, 1.807) is 25.3 Å². The molecule has 0 amide bonds. The first-order valence-corrected chi connectivity index (χ1v) is 4.17. The molecule has 0 saturated heterocycles. The molecular formula is C10H11NO2. The lowest BCUT2D eigenvalue weighted by Crippen LogP contribution is -1.87. The fraction of sp³-hybridized carbons (Fsp3) is 0.200. The van der Waals surface area contributed by atoms with Crippen LogP contribution in [0, 0.1) is 0 Å². The van der Waals surface area contributed by atoms with Crippen molar-refractivity contribution in [2.24, 2.45) is 0 Å². The van der Waals surface area contributed by atoms with Gasteiger partial charge in [0, 0.05) is 17.1 Å². The van der Waals surface area contributed by atoms with Crippen LogP contribution < -0.4 is 0 Å². The maximum Gasteiger partial charge on any atom is 0.139 e. The molecule has 0 saturated carbocycles. The summed E-state index contributed by atoms with van der Waals surface area (Å²) in [6.07, 6.45) is 1.20. The molecule has 2 rings (SSSR count). The third-order valence-corrected chi connectivity index (χ3v) is 2.18. The number of aromatic nitrogens is 1. The quantitative estimate of drug-likeness (QED) is 0.623. The van der Waals surface area contributed by atoms with Crippen LogP contribution in [0.2, 0.25) is 0 Å². The van der Waals surface area contributed by atoms with Gasteiger partial charge in [0.05, 0.1) is 11.6 Å². The standard InChI is InChI=1S/C10H11NO2/c1-6(12)8-5-11-10-7(8)3-2-4-9(10)13/h2-6,11-13H,1H3. The number of benzene rings is 1. The normalized spacial score (nSPS) is 13.4. The van der Waals surface area contributed by atoms with Gasteiger partial charge in [-0.05, 0) is 13.0 Å². The zero-order valence-corrected chi connectivity index (χ0v) is 7.28. The lowest BCUT2D eigenvalue weighted by atomic mass is 10.1. The molecule has 2 aromatic rings. The maximum absolute atomic E-state index is 9.45. The lowest BCUT2D eigenvalue weighted by Gasteiger charge is -2.01. The topological polar surface area (TPSA) is 56.2 Å². The Morgan fingerprint density at radius 2 is 2.15 bits per heavy atom. The van der Waals surface area contributed by atoms with Crippen molar-refractivity contribution in [1.82, 2.24) is 4.98 Å². The fourth-order valence-electron chi connectivity index (χ4n) is 1.51. The number of para-hydroxylation sites is 1. The Bertz CT molecular complexity index is 431. The van der Waals surface area contributed by atoms with E-state index in [4.69, 9.17) is 0 Å². The molecule has 68 valence electrons. The molecule has 0 fully saturated rings. The molecule has 0 bridgehead atoms. The van der Waals surface area contributed by atoms with E-state index >= 15 is 0 Å². The van der Waals surface area contributed by atoms with Crippen molar-refractivity contribution in [3.63, 3.8) is 0 Å². The van der Waals surface area contributed by atoms with E-state index in [2.05, 4.69) is 4.98 Å². The number of aliphatic hydroxyl groups is 1. The smallest absolute Gasteiger partial charge is 0.139 e. The highest BCUT2D eigenvalue weighted by atomic mass is 16.3. The summed E-state index contributed by atoms with van der Waals surface area (Å²) >= 11 is 0. The van der Waals surface area contributed by atoms with E-state index in [0.29, 0.717) is 5.52 Å². The number of aliphatic hydroxyl groups excluding tert-OH is 1. The van der Waals surface area contributed by atoms with Crippen molar-refractivity contribution >= 4 is 10.9 Å². The largest absolute Gasteiger partial charge is 0.506 e. The summed E-state index contributed by atoms with van der Waals surface area (Å²) in [6.45, 7) is 1.70. The van der Waals surface area contributed by atoms with E-state index in [0.717, 1.165) is 10.9 Å². The molecule has 0 aliphatic heterocycles. The number of fused-ring (bicyclic) bond motifs is 1. The summed E-state index contributed by atoms with van der Waals surface area (Å²) in [5, 5.41) is 19.7. The zero-order valence-electron chi connectivity index (χ0n) is 7.28. The predicted octanol–water partition coefficient (Wildman–Crippen LogP) is 1.93. The first-order valence-electron chi connectivity index (χ1n) is 4.17. The average molecular weight is 177 g/mol. The van der Waals surface area contributed by atoms with Gasteiger partial charge in [0.15, 0.2) is 0 Å². The Labute approximate surface area is 75.6 Å². The van der Waals surface area contributed by atoms with Crippen molar-refractivity contribution in [1.29, 1.82) is 0 Å². The Balaban J connectivity index is 2.75. The summed E-state index contributed by atoms with van der Waals surface area (Å²) in [6, 6.07) is 5.25. The summed E-state index contributed by atoms with van der Waals surface area (Å²) in [5.41, 5.74) is 1.49. The Hall–Kier alpha value is -1.48. The zero-order chi connectivity index (χ0) is 9.42. The third kappa shape index (κ3) is 1.17. The van der Waals surface area contributed by atoms with Crippen LogP contribution >= 0.6 is 0 Å². The highest BCUT2D eigenvalue weighted by Crippen LogP contribution is 2.29. The fourth-order valence-corrected chi connectivity index (χ4v) is 1.51. The molecule has 1 heterocycles. The van der Waals surface area contributed by atoms with Gasteiger partial charge in [-0.3, -0.25) is 0 Å². The monoisotopic (exact) mass is 177 g/mol. The second-order valence-electron chi connectivity index (χ2n) is 3.12. The van der Waals surface area contributed by atoms with Gasteiger partial charge in [0.25, 0.3) is 0 Å². The average Bonchev–Trinajstić information content (AvgIpc) is 2.48. The second kappa shape index (κ2) is 2.78. The molecular weight excluding hydrogens is 166 g/mol. The van der Waals surface area contributed by atoms with Crippen LogP contribution in [0.15, 0.2) is 24.4 Å². The number of phenols is 1. The van der Waals surface area contributed by atoms with Crippen molar-refractivity contribution in [3.05, 3.63) is 30.0 Å². The van der Waals surface area contributed by atoms with Crippen molar-refractivity contribution in [3.8, 4) is 5.75 Å². The number of phenolic OH excluding ortho intramolecular Hbond substituents is 1. The molecule has 1 aromatic heterocycles. The highest BCUT2D eigenvalue weighted by Gasteiger charge is 2.09. The van der Waals surface area contributed by atoms with Crippen LogP contribution in [-0.2, 0) is 0 Å². The maximum atomic E-state index is 9.45. The molecule has 3 nitrogen and oxygen atoms in total. The molecule has 13 heavy (non-hydrogen) atoms. The minimum absolute atomic E-state index is 0.212. The van der Waals surface area contributed by atoms with Crippen LogP contribution in [-0.4, -0.2) is 15.2 Å². The van der Waals surface area contributed by atoms with E-state index < -0.39 is 6.10 Å². The van der Waals surface area contributed by atoms with Crippen molar-refractivity contribution < 1.29 is 10.2 Å². The molecule has 1 unspecified atom stereocenters. The van der Waals surface area contributed by atoms with Gasteiger partial charge in [-0.25, -0.2) is 0 Å². The number of nitrogens with one attached hydrogen (secondary N) is 1. The van der Waals surface area contributed by atoms with Crippen LogP contribution in [0.5, 0.6) is 5.75 Å². The van der Waals surface area contributed by atoms with E-state index in [1.807, 2.05) is 6.07 Å². The van der Waals surface area contributed by atoms with Gasteiger partial charge in [-0.1, -0.05) is 12.1 Å². The van der Waals surface area contributed by atoms with Crippen LogP contribution in [0.3, 0.4) is 0 Å². The molecule has 0 spiro atoms. The van der Waals surface area contributed by atoms with Crippen LogP contribution in [0.1, 0.15) is 18.6 Å². The van der Waals surface area contributed by atoms with Gasteiger partial charge in [0.1, 0.15) is 5.75 Å². The second-order valence-corrected chi connectivity index (χ2v) is 3.12. The van der Waals surface area contributed by atoms with Gasteiger partial charge in [0.2, 0.25) is 0 Å². The number of rotatable bonds is 1. The molecule has 3 N–H and O–H groups in total. The third-order valence-electron chi connectivity index (χ3n) is 2.18. The van der Waals surface area contributed by atoms with Crippen molar-refractivity contribution in [2.75, 3.05) is 0 Å². The first kappa shape index (κ1) is 8.13. The van der Waals surface area contributed by atoms with Crippen molar-refractivity contribution in [2.45, 2.75) is 13.0 Å². The highest BCUT2D eigenvalue weighted by molar-refractivity contribution is 5.88. The lowest BCUT2D eigenvalue weighted by molar-refractivity contribution is 0.201. The van der Waals surface area contributed by atoms with Crippen LogP contribution in [0.4, 0.5) is 0 Å². The Morgan fingerprint density at radius 1 is 1.38 bits per heavy atom.